The van der Waals surface area contributed by atoms with Gasteiger partial charge >= 0.3 is 39.5 Å². The van der Waals surface area contributed by atoms with Crippen LogP contribution in [0.4, 0.5) is 0 Å². The molecule has 0 spiro atoms. The number of phosphoric ester groups is 2. The van der Waals surface area contributed by atoms with E-state index in [1.54, 1.807) is 0 Å². The number of aliphatic hydroxyl groups excluding tert-OH is 1. The molecule has 3 N–H and O–H groups in total. The van der Waals surface area contributed by atoms with Crippen molar-refractivity contribution < 1.29 is 80.2 Å². The molecule has 0 aromatic rings. The number of phosphoric acid groups is 2. The second kappa shape index (κ2) is 83.3. The molecule has 0 rings (SSSR count). The van der Waals surface area contributed by atoms with E-state index in [2.05, 4.69) is 55.4 Å². The molecule has 6 atom stereocenters. The molecule has 0 aliphatic rings. The summed E-state index contributed by atoms with van der Waals surface area (Å²) in [6, 6.07) is 0. The normalized spacial score (nSPS) is 14.0. The van der Waals surface area contributed by atoms with Crippen molar-refractivity contribution in [2.75, 3.05) is 39.6 Å². The van der Waals surface area contributed by atoms with Gasteiger partial charge in [0.05, 0.1) is 26.4 Å². The van der Waals surface area contributed by atoms with Crippen molar-refractivity contribution in [1.82, 2.24) is 0 Å². The standard InChI is InChI=1S/C95H186O17P2/c1-9-88(8)74-66-58-50-42-34-28-22-15-11-13-17-24-30-36-44-53-61-69-77-94(99)111-90(81-105-92(97)75-67-59-51-43-35-29-23-16-12-10-14-20-26-32-39-47-55-63-71-85(2)3)83-109-113(101,102)107-79-89(96)80-108-114(103,104)110-84-91(82-106-93(98)76-68-60-52-46-38-41-49-57-65-73-87(6)7)112-95(100)78-70-62-54-45-37-31-25-19-18-21-27-33-40-48-56-64-72-86(4)5/h85-91,96H,9-84H2,1-8H3,(H,101,102)(H,103,104)/t88?,89-,90-,91-/m1/s1. The molecule has 0 aromatic heterocycles. The fraction of sp³-hybridized carbons (Fsp3) is 0.958. The van der Waals surface area contributed by atoms with Crippen molar-refractivity contribution in [2.24, 2.45) is 23.7 Å². The lowest BCUT2D eigenvalue weighted by atomic mass is 9.99. The minimum absolute atomic E-state index is 0.108. The van der Waals surface area contributed by atoms with Gasteiger partial charge in [-0.1, -0.05) is 453 Å². The maximum atomic E-state index is 13.2. The van der Waals surface area contributed by atoms with Gasteiger partial charge in [0.2, 0.25) is 0 Å². The molecule has 0 radical (unpaired) electrons. The molecule has 678 valence electrons. The maximum Gasteiger partial charge on any atom is 0.472 e. The SMILES string of the molecule is CCC(C)CCCCCCCCCCCCCCCCCCCCC(=O)O[C@H](COC(=O)CCCCCCCCCCCCCCCCCCCCC(C)C)COP(=O)(O)OC[C@@H](O)COP(=O)(O)OC[C@@H](COC(=O)CCCCCCCCCCCC(C)C)OC(=O)CCCCCCCCCCCCCCCCCCC(C)C. The summed E-state index contributed by atoms with van der Waals surface area (Å²) in [6.45, 7) is 14.5. The van der Waals surface area contributed by atoms with Gasteiger partial charge in [0.1, 0.15) is 19.3 Å². The summed E-state index contributed by atoms with van der Waals surface area (Å²) < 4.78 is 69.2. The maximum absolute atomic E-state index is 13.2. The number of carbonyl (C=O) groups excluding carboxylic acids is 4. The first-order valence-corrected chi connectivity index (χ1v) is 51.7. The van der Waals surface area contributed by atoms with Crippen LogP contribution in [0.1, 0.15) is 505 Å². The van der Waals surface area contributed by atoms with Gasteiger partial charge in [-0.2, -0.15) is 0 Å². The monoisotopic (exact) mass is 1660 g/mol. The molecule has 0 bridgehead atoms. The van der Waals surface area contributed by atoms with Gasteiger partial charge in [-0.3, -0.25) is 37.3 Å². The zero-order valence-corrected chi connectivity index (χ0v) is 77.5. The van der Waals surface area contributed by atoms with Gasteiger partial charge in [-0.25, -0.2) is 9.13 Å². The highest BCUT2D eigenvalue weighted by Crippen LogP contribution is 2.45. The zero-order chi connectivity index (χ0) is 83.7. The van der Waals surface area contributed by atoms with Crippen LogP contribution < -0.4 is 0 Å². The summed E-state index contributed by atoms with van der Waals surface area (Å²) >= 11 is 0. The number of hydrogen-bond donors (Lipinski definition) is 3. The largest absolute Gasteiger partial charge is 0.472 e. The number of esters is 4. The Bertz CT molecular complexity index is 2200. The van der Waals surface area contributed by atoms with Crippen molar-refractivity contribution in [1.29, 1.82) is 0 Å². The Morgan fingerprint density at radius 3 is 0.623 bits per heavy atom. The summed E-state index contributed by atoms with van der Waals surface area (Å²) in [4.78, 5) is 73.6. The molecule has 0 saturated heterocycles. The van der Waals surface area contributed by atoms with Crippen LogP contribution in [0.3, 0.4) is 0 Å². The minimum atomic E-state index is -4.97. The first-order valence-electron chi connectivity index (χ1n) is 48.7. The Hall–Kier alpha value is -1.94. The summed E-state index contributed by atoms with van der Waals surface area (Å²) in [5, 5.41) is 10.7. The fourth-order valence-corrected chi connectivity index (χ4v) is 16.5. The molecule has 0 aliphatic carbocycles. The van der Waals surface area contributed by atoms with E-state index in [-0.39, 0.29) is 25.7 Å². The van der Waals surface area contributed by atoms with Gasteiger partial charge in [0, 0.05) is 25.7 Å². The lowest BCUT2D eigenvalue weighted by molar-refractivity contribution is -0.161. The van der Waals surface area contributed by atoms with E-state index >= 15 is 0 Å². The van der Waals surface area contributed by atoms with Crippen molar-refractivity contribution in [3.8, 4) is 0 Å². The van der Waals surface area contributed by atoms with Crippen LogP contribution in [0, 0.1) is 23.7 Å². The molecule has 0 fully saturated rings. The molecule has 114 heavy (non-hydrogen) atoms. The van der Waals surface area contributed by atoms with Gasteiger partial charge < -0.3 is 33.8 Å². The van der Waals surface area contributed by atoms with Gasteiger partial charge in [0.25, 0.3) is 0 Å². The molecule has 19 heteroatoms. The third-order valence-corrected chi connectivity index (χ3v) is 24.6. The first-order chi connectivity index (χ1) is 55.1. The quantitative estimate of drug-likeness (QED) is 0.0222. The summed E-state index contributed by atoms with van der Waals surface area (Å²) in [6.07, 6.45) is 76.5. The minimum Gasteiger partial charge on any atom is -0.462 e. The van der Waals surface area contributed by atoms with Gasteiger partial charge in [-0.15, -0.1) is 0 Å². The molecule has 0 amide bonds. The Labute approximate surface area is 702 Å². The topological polar surface area (TPSA) is 237 Å². The van der Waals surface area contributed by atoms with Crippen LogP contribution in [0.5, 0.6) is 0 Å². The van der Waals surface area contributed by atoms with Crippen LogP contribution >= 0.6 is 15.6 Å². The van der Waals surface area contributed by atoms with Crippen molar-refractivity contribution in [3.05, 3.63) is 0 Å². The number of hydrogen-bond acceptors (Lipinski definition) is 15. The van der Waals surface area contributed by atoms with Crippen LogP contribution in [0.25, 0.3) is 0 Å². The van der Waals surface area contributed by atoms with E-state index in [0.717, 1.165) is 114 Å². The Balaban J connectivity index is 5.25. The fourth-order valence-electron chi connectivity index (χ4n) is 14.9. The lowest BCUT2D eigenvalue weighted by Gasteiger charge is -2.21. The van der Waals surface area contributed by atoms with Crippen molar-refractivity contribution >= 4 is 39.5 Å². The second-order valence-electron chi connectivity index (χ2n) is 35.8. The average Bonchev–Trinajstić information content (AvgIpc) is 0.896. The smallest absolute Gasteiger partial charge is 0.462 e. The summed E-state index contributed by atoms with van der Waals surface area (Å²) in [5.41, 5.74) is 0. The van der Waals surface area contributed by atoms with Crippen LogP contribution in [-0.4, -0.2) is 96.7 Å². The van der Waals surface area contributed by atoms with Crippen molar-refractivity contribution in [3.63, 3.8) is 0 Å². The third kappa shape index (κ3) is 86.4. The Morgan fingerprint density at radius 2 is 0.421 bits per heavy atom. The lowest BCUT2D eigenvalue weighted by Crippen LogP contribution is -2.30. The van der Waals surface area contributed by atoms with E-state index in [0.29, 0.717) is 25.7 Å². The van der Waals surface area contributed by atoms with Crippen LogP contribution in [0.2, 0.25) is 0 Å². The molecule has 0 heterocycles. The van der Waals surface area contributed by atoms with E-state index in [9.17, 15) is 43.2 Å². The molecule has 0 saturated carbocycles. The molecular formula is C95H186O17P2. The number of carbonyl (C=O) groups is 4. The third-order valence-electron chi connectivity index (χ3n) is 22.7. The van der Waals surface area contributed by atoms with Crippen LogP contribution in [-0.2, 0) is 65.4 Å². The molecular weight excluding hydrogens is 1470 g/mol. The molecule has 3 unspecified atom stereocenters. The molecule has 0 aliphatic heterocycles. The van der Waals surface area contributed by atoms with Crippen molar-refractivity contribution in [2.45, 2.75) is 523 Å². The summed E-state index contributed by atoms with van der Waals surface area (Å²) in [5.74, 6) is 1.15. The highest BCUT2D eigenvalue weighted by atomic mass is 31.2. The highest BCUT2D eigenvalue weighted by molar-refractivity contribution is 7.47. The summed E-state index contributed by atoms with van der Waals surface area (Å²) in [7, 11) is -9.94. The predicted octanol–water partition coefficient (Wildman–Crippen LogP) is 29.5. The van der Waals surface area contributed by atoms with Gasteiger partial charge in [-0.05, 0) is 49.4 Å². The van der Waals surface area contributed by atoms with Crippen LogP contribution in [0.15, 0.2) is 0 Å². The highest BCUT2D eigenvalue weighted by Gasteiger charge is 2.31. The molecule has 0 aromatic carbocycles. The zero-order valence-electron chi connectivity index (χ0n) is 75.7. The number of ether oxygens (including phenoxy) is 4. The van der Waals surface area contributed by atoms with E-state index in [1.165, 1.54) is 308 Å². The molecule has 17 nitrogen and oxygen atoms in total. The van der Waals surface area contributed by atoms with E-state index in [1.807, 2.05) is 0 Å². The van der Waals surface area contributed by atoms with E-state index in [4.69, 9.17) is 37.0 Å². The van der Waals surface area contributed by atoms with E-state index < -0.39 is 97.5 Å². The van der Waals surface area contributed by atoms with Gasteiger partial charge in [0.15, 0.2) is 12.2 Å². The average molecular weight is 1660 g/mol. The predicted molar refractivity (Wildman–Crippen MR) is 474 cm³/mol. The number of aliphatic hydroxyl groups is 1. The Kier molecular flexibility index (Phi) is 81.9. The number of unbranched alkanes of at least 4 members (excludes halogenated alkanes) is 57. The first kappa shape index (κ1) is 112. The number of rotatable bonds is 92. The second-order valence-corrected chi connectivity index (χ2v) is 38.7. The Morgan fingerprint density at radius 1 is 0.246 bits per heavy atom.